The Kier molecular flexibility index (Phi) is 5.92. The van der Waals surface area contributed by atoms with Crippen molar-refractivity contribution in [2.45, 2.75) is 31.7 Å². The van der Waals surface area contributed by atoms with Crippen LogP contribution in [0, 0.1) is 0 Å². The Hall–Kier alpha value is -3.42. The normalized spacial score (nSPS) is 15.9. The van der Waals surface area contributed by atoms with Gasteiger partial charge in [-0.05, 0) is 42.7 Å². The SMILES string of the molecule is COc1ccc([C@@H]2CCCN2C(=O)CCc2nc(-c3ccccn3)no2)cc1OC. The zero-order valence-electron chi connectivity index (χ0n) is 17.1. The van der Waals surface area contributed by atoms with Crippen LogP contribution in [0.5, 0.6) is 11.5 Å². The number of pyridine rings is 1. The Morgan fingerprint density at radius 2 is 2.07 bits per heavy atom. The summed E-state index contributed by atoms with van der Waals surface area (Å²) < 4.78 is 16.0. The molecule has 1 aliphatic heterocycles. The van der Waals surface area contributed by atoms with Gasteiger partial charge in [-0.3, -0.25) is 9.78 Å². The van der Waals surface area contributed by atoms with E-state index in [2.05, 4.69) is 15.1 Å². The highest BCUT2D eigenvalue weighted by Crippen LogP contribution is 2.37. The Morgan fingerprint density at radius 3 is 2.83 bits per heavy atom. The molecule has 0 bridgehead atoms. The van der Waals surface area contributed by atoms with Crippen molar-refractivity contribution in [3.63, 3.8) is 0 Å². The maximum Gasteiger partial charge on any atom is 0.227 e. The number of methoxy groups -OCH3 is 2. The molecule has 8 heteroatoms. The van der Waals surface area contributed by atoms with Gasteiger partial charge in [-0.25, -0.2) is 0 Å². The highest BCUT2D eigenvalue weighted by Gasteiger charge is 2.30. The van der Waals surface area contributed by atoms with Crippen LogP contribution in [0.25, 0.3) is 11.5 Å². The van der Waals surface area contributed by atoms with E-state index in [-0.39, 0.29) is 11.9 Å². The molecule has 0 N–H and O–H groups in total. The topological polar surface area (TPSA) is 90.6 Å². The van der Waals surface area contributed by atoms with Crippen molar-refractivity contribution >= 4 is 5.91 Å². The molecule has 1 saturated heterocycles. The highest BCUT2D eigenvalue weighted by atomic mass is 16.5. The maximum absolute atomic E-state index is 12.9. The summed E-state index contributed by atoms with van der Waals surface area (Å²) in [6, 6.07) is 11.4. The number of hydrogen-bond acceptors (Lipinski definition) is 7. The summed E-state index contributed by atoms with van der Waals surface area (Å²) in [4.78, 5) is 23.4. The van der Waals surface area contributed by atoms with Crippen molar-refractivity contribution in [2.24, 2.45) is 0 Å². The summed E-state index contributed by atoms with van der Waals surface area (Å²) in [5.41, 5.74) is 1.70. The number of likely N-dealkylation sites (tertiary alicyclic amines) is 1. The molecule has 0 radical (unpaired) electrons. The number of benzene rings is 1. The fourth-order valence-corrected chi connectivity index (χ4v) is 3.78. The van der Waals surface area contributed by atoms with Gasteiger partial charge in [-0.15, -0.1) is 0 Å². The summed E-state index contributed by atoms with van der Waals surface area (Å²) in [6.07, 6.45) is 4.28. The van der Waals surface area contributed by atoms with E-state index < -0.39 is 0 Å². The largest absolute Gasteiger partial charge is 0.493 e. The average Bonchev–Trinajstić information content (AvgIpc) is 3.47. The Balaban J connectivity index is 1.41. The molecule has 3 aromatic rings. The minimum Gasteiger partial charge on any atom is -0.493 e. The summed E-state index contributed by atoms with van der Waals surface area (Å²) in [6.45, 7) is 0.737. The number of aryl methyl sites for hydroxylation is 1. The number of carbonyl (C=O) groups is 1. The van der Waals surface area contributed by atoms with Crippen LogP contribution in [0.15, 0.2) is 47.1 Å². The summed E-state index contributed by atoms with van der Waals surface area (Å²) in [5.74, 6) is 2.29. The van der Waals surface area contributed by atoms with Crippen molar-refractivity contribution < 1.29 is 18.8 Å². The lowest BCUT2D eigenvalue weighted by Gasteiger charge is -2.25. The number of amides is 1. The number of rotatable bonds is 7. The molecule has 0 aliphatic carbocycles. The molecule has 1 aromatic carbocycles. The van der Waals surface area contributed by atoms with Gasteiger partial charge in [0.15, 0.2) is 11.5 Å². The summed E-state index contributed by atoms with van der Waals surface area (Å²) in [7, 11) is 3.22. The first-order valence-corrected chi connectivity index (χ1v) is 9.95. The Morgan fingerprint density at radius 1 is 1.20 bits per heavy atom. The second kappa shape index (κ2) is 8.94. The van der Waals surface area contributed by atoms with E-state index in [1.807, 2.05) is 41.3 Å². The molecule has 0 saturated carbocycles. The maximum atomic E-state index is 12.9. The third-order valence-electron chi connectivity index (χ3n) is 5.28. The van der Waals surface area contributed by atoms with Crippen LogP contribution >= 0.6 is 0 Å². The molecule has 156 valence electrons. The number of carbonyl (C=O) groups excluding carboxylic acids is 1. The number of ether oxygens (including phenoxy) is 2. The van der Waals surface area contributed by atoms with E-state index in [9.17, 15) is 4.79 Å². The number of nitrogens with zero attached hydrogens (tertiary/aromatic N) is 4. The van der Waals surface area contributed by atoms with Crippen LogP contribution in [0.1, 0.15) is 36.8 Å². The van der Waals surface area contributed by atoms with Crippen molar-refractivity contribution in [3.8, 4) is 23.0 Å². The molecule has 0 spiro atoms. The molecular formula is C22H24N4O4. The van der Waals surface area contributed by atoms with E-state index >= 15 is 0 Å². The predicted octanol–water partition coefficient (Wildman–Crippen LogP) is 3.45. The third-order valence-corrected chi connectivity index (χ3v) is 5.28. The lowest BCUT2D eigenvalue weighted by Crippen LogP contribution is -2.30. The first-order chi connectivity index (χ1) is 14.7. The lowest BCUT2D eigenvalue weighted by molar-refractivity contribution is -0.132. The van der Waals surface area contributed by atoms with Crippen molar-refractivity contribution in [3.05, 3.63) is 54.0 Å². The van der Waals surface area contributed by atoms with Crippen molar-refractivity contribution in [1.82, 2.24) is 20.0 Å². The van der Waals surface area contributed by atoms with Crippen LogP contribution in [0.3, 0.4) is 0 Å². The molecule has 1 amide bonds. The van der Waals surface area contributed by atoms with Crippen LogP contribution in [0.2, 0.25) is 0 Å². The summed E-state index contributed by atoms with van der Waals surface area (Å²) in [5, 5.41) is 3.96. The predicted molar refractivity (Wildman–Crippen MR) is 109 cm³/mol. The zero-order valence-corrected chi connectivity index (χ0v) is 17.1. The number of hydrogen-bond donors (Lipinski definition) is 0. The highest BCUT2D eigenvalue weighted by molar-refractivity contribution is 5.77. The van der Waals surface area contributed by atoms with Gasteiger partial charge in [0.1, 0.15) is 5.69 Å². The van der Waals surface area contributed by atoms with Crippen LogP contribution in [-0.4, -0.2) is 46.7 Å². The monoisotopic (exact) mass is 408 g/mol. The summed E-state index contributed by atoms with van der Waals surface area (Å²) >= 11 is 0. The molecule has 0 unspecified atom stereocenters. The Labute approximate surface area is 174 Å². The molecule has 3 heterocycles. The quantitative estimate of drug-likeness (QED) is 0.591. The van der Waals surface area contributed by atoms with Crippen molar-refractivity contribution in [2.75, 3.05) is 20.8 Å². The van der Waals surface area contributed by atoms with Gasteiger partial charge in [-0.2, -0.15) is 4.98 Å². The molecule has 1 atom stereocenters. The first-order valence-electron chi connectivity index (χ1n) is 9.95. The fourth-order valence-electron chi connectivity index (χ4n) is 3.78. The third kappa shape index (κ3) is 4.12. The molecular weight excluding hydrogens is 384 g/mol. The minimum atomic E-state index is 0.0315. The number of aromatic nitrogens is 3. The van der Waals surface area contributed by atoms with Gasteiger partial charge < -0.3 is 18.9 Å². The first kappa shape index (κ1) is 19.9. The van der Waals surface area contributed by atoms with Gasteiger partial charge in [0.25, 0.3) is 0 Å². The van der Waals surface area contributed by atoms with E-state index in [1.165, 1.54) is 0 Å². The molecule has 8 nitrogen and oxygen atoms in total. The van der Waals surface area contributed by atoms with Gasteiger partial charge in [0, 0.05) is 25.6 Å². The van der Waals surface area contributed by atoms with Gasteiger partial charge in [0.05, 0.1) is 20.3 Å². The van der Waals surface area contributed by atoms with Crippen LogP contribution < -0.4 is 9.47 Å². The van der Waals surface area contributed by atoms with Crippen LogP contribution in [0.4, 0.5) is 0 Å². The molecule has 4 rings (SSSR count). The Bertz CT molecular complexity index is 1010. The van der Waals surface area contributed by atoms with Gasteiger partial charge in [-0.1, -0.05) is 17.3 Å². The second-order valence-electron chi connectivity index (χ2n) is 7.09. The molecule has 30 heavy (non-hydrogen) atoms. The zero-order chi connectivity index (χ0) is 20.9. The standard InChI is InChI=1S/C22H24N4O4/c1-28-18-9-8-15(14-19(18)29-2)17-7-5-13-26(17)21(27)11-10-20-24-22(25-30-20)16-6-3-4-12-23-16/h3-4,6,8-9,12,14,17H,5,7,10-11,13H2,1-2H3/t17-/m0/s1. The molecule has 1 fully saturated rings. The molecule has 1 aliphatic rings. The smallest absolute Gasteiger partial charge is 0.227 e. The van der Waals surface area contributed by atoms with E-state index in [0.717, 1.165) is 24.9 Å². The minimum absolute atomic E-state index is 0.0315. The fraction of sp³-hybridized carbons (Fsp3) is 0.364. The van der Waals surface area contributed by atoms with Crippen molar-refractivity contribution in [1.29, 1.82) is 0 Å². The van der Waals surface area contributed by atoms with Gasteiger partial charge in [0.2, 0.25) is 17.6 Å². The van der Waals surface area contributed by atoms with E-state index in [4.69, 9.17) is 14.0 Å². The van der Waals surface area contributed by atoms with Crippen LogP contribution in [-0.2, 0) is 11.2 Å². The van der Waals surface area contributed by atoms with E-state index in [1.54, 1.807) is 20.4 Å². The lowest BCUT2D eigenvalue weighted by atomic mass is 10.0. The van der Waals surface area contributed by atoms with E-state index in [0.29, 0.717) is 41.7 Å². The molecule has 2 aromatic heterocycles. The second-order valence-corrected chi connectivity index (χ2v) is 7.09. The average molecular weight is 408 g/mol. The van der Waals surface area contributed by atoms with Gasteiger partial charge >= 0.3 is 0 Å².